The van der Waals surface area contributed by atoms with Crippen molar-refractivity contribution in [3.8, 4) is 0 Å². The lowest BCUT2D eigenvalue weighted by atomic mass is 9.87. The number of rotatable bonds is 0. The van der Waals surface area contributed by atoms with Crippen molar-refractivity contribution < 1.29 is 0 Å². The quantitative estimate of drug-likeness (QED) is 0.694. The van der Waals surface area contributed by atoms with E-state index in [1.807, 2.05) is 0 Å². The molecule has 0 bridgehead atoms. The molecule has 0 radical (unpaired) electrons. The SMILES string of the molecule is Cc1cccc2c1[C@@H]1CN(C)CC[C@H]1N2. The van der Waals surface area contributed by atoms with E-state index in [1.165, 1.54) is 30.8 Å². The van der Waals surface area contributed by atoms with Crippen LogP contribution in [0, 0.1) is 6.92 Å². The molecule has 2 aliphatic rings. The van der Waals surface area contributed by atoms with Crippen molar-refractivity contribution in [1.82, 2.24) is 4.90 Å². The van der Waals surface area contributed by atoms with Crippen molar-refractivity contribution in [3.05, 3.63) is 29.3 Å². The molecule has 3 rings (SSSR count). The standard InChI is InChI=1S/C13H18N2/c1-9-4-3-5-12-13(9)10-8-15(2)7-6-11(10)14-12/h3-5,10-11,14H,6-8H2,1-2H3/t10-,11-/m1/s1. The topological polar surface area (TPSA) is 15.3 Å². The Bertz CT molecular complexity index is 386. The summed E-state index contributed by atoms with van der Waals surface area (Å²) < 4.78 is 0. The molecule has 0 spiro atoms. The van der Waals surface area contributed by atoms with Crippen molar-refractivity contribution in [2.45, 2.75) is 25.3 Å². The third kappa shape index (κ3) is 1.36. The normalized spacial score (nSPS) is 29.5. The van der Waals surface area contributed by atoms with Crippen molar-refractivity contribution in [1.29, 1.82) is 0 Å². The summed E-state index contributed by atoms with van der Waals surface area (Å²) in [6.07, 6.45) is 1.27. The predicted octanol–water partition coefficient (Wildman–Crippen LogP) is 2.21. The fourth-order valence-corrected chi connectivity index (χ4v) is 3.08. The van der Waals surface area contributed by atoms with E-state index in [4.69, 9.17) is 0 Å². The second kappa shape index (κ2) is 3.24. The van der Waals surface area contributed by atoms with Gasteiger partial charge in [0, 0.05) is 24.2 Å². The molecule has 1 fully saturated rings. The molecule has 2 aliphatic heterocycles. The number of hydrogen-bond acceptors (Lipinski definition) is 2. The van der Waals surface area contributed by atoms with Crippen molar-refractivity contribution >= 4 is 5.69 Å². The van der Waals surface area contributed by atoms with Crippen LogP contribution in [0.1, 0.15) is 23.5 Å². The Labute approximate surface area is 91.3 Å². The van der Waals surface area contributed by atoms with E-state index < -0.39 is 0 Å². The monoisotopic (exact) mass is 202 g/mol. The van der Waals surface area contributed by atoms with Crippen LogP contribution >= 0.6 is 0 Å². The van der Waals surface area contributed by atoms with Crippen molar-refractivity contribution in [2.24, 2.45) is 0 Å². The third-order valence-electron chi connectivity index (χ3n) is 3.85. The molecule has 1 N–H and O–H groups in total. The van der Waals surface area contributed by atoms with Crippen LogP contribution in [0.25, 0.3) is 0 Å². The van der Waals surface area contributed by atoms with Crippen molar-refractivity contribution in [3.63, 3.8) is 0 Å². The predicted molar refractivity (Wildman–Crippen MR) is 63.4 cm³/mol. The Morgan fingerprint density at radius 3 is 3.13 bits per heavy atom. The van der Waals surface area contributed by atoms with Gasteiger partial charge in [-0.15, -0.1) is 0 Å². The van der Waals surface area contributed by atoms with Crippen LogP contribution in [0.2, 0.25) is 0 Å². The lowest BCUT2D eigenvalue weighted by molar-refractivity contribution is 0.243. The van der Waals surface area contributed by atoms with Gasteiger partial charge in [0.1, 0.15) is 0 Å². The molecule has 2 heterocycles. The minimum absolute atomic E-state index is 0.678. The third-order valence-corrected chi connectivity index (χ3v) is 3.85. The van der Waals surface area contributed by atoms with Crippen LogP contribution in [-0.4, -0.2) is 31.1 Å². The number of hydrogen-bond donors (Lipinski definition) is 1. The van der Waals surface area contributed by atoms with Gasteiger partial charge in [-0.1, -0.05) is 12.1 Å². The summed E-state index contributed by atoms with van der Waals surface area (Å²) in [4.78, 5) is 2.45. The fourth-order valence-electron chi connectivity index (χ4n) is 3.08. The zero-order valence-corrected chi connectivity index (χ0v) is 9.46. The van der Waals surface area contributed by atoms with Gasteiger partial charge in [0.15, 0.2) is 0 Å². The molecule has 0 saturated carbocycles. The molecular formula is C13H18N2. The molecule has 2 nitrogen and oxygen atoms in total. The molecular weight excluding hydrogens is 184 g/mol. The number of fused-ring (bicyclic) bond motifs is 3. The smallest absolute Gasteiger partial charge is 0.0381 e. The Balaban J connectivity index is 2.02. The van der Waals surface area contributed by atoms with E-state index in [2.05, 4.69) is 42.4 Å². The van der Waals surface area contributed by atoms with Gasteiger partial charge in [-0.05, 0) is 44.1 Å². The van der Waals surface area contributed by atoms with E-state index in [-0.39, 0.29) is 0 Å². The van der Waals surface area contributed by atoms with Gasteiger partial charge in [0.2, 0.25) is 0 Å². The maximum absolute atomic E-state index is 3.67. The first-order chi connectivity index (χ1) is 7.25. The van der Waals surface area contributed by atoms with Gasteiger partial charge < -0.3 is 10.2 Å². The number of likely N-dealkylation sites (N-methyl/N-ethyl adjacent to an activating group) is 1. The minimum Gasteiger partial charge on any atom is -0.381 e. The number of anilines is 1. The maximum atomic E-state index is 3.67. The molecule has 15 heavy (non-hydrogen) atoms. The van der Waals surface area contributed by atoms with E-state index in [0.717, 1.165) is 0 Å². The van der Waals surface area contributed by atoms with E-state index in [1.54, 1.807) is 5.56 Å². The van der Waals surface area contributed by atoms with E-state index in [0.29, 0.717) is 12.0 Å². The Kier molecular flexibility index (Phi) is 1.99. The number of benzene rings is 1. The molecule has 0 amide bonds. The summed E-state index contributed by atoms with van der Waals surface area (Å²) in [5.74, 6) is 0.708. The number of nitrogens with one attached hydrogen (secondary N) is 1. The Morgan fingerprint density at radius 2 is 2.27 bits per heavy atom. The molecule has 80 valence electrons. The summed E-state index contributed by atoms with van der Waals surface area (Å²) in [5, 5.41) is 3.67. The van der Waals surface area contributed by atoms with Gasteiger partial charge in [-0.25, -0.2) is 0 Å². The van der Waals surface area contributed by atoms with Gasteiger partial charge in [0.05, 0.1) is 0 Å². The lowest BCUT2D eigenvalue weighted by Gasteiger charge is -2.32. The van der Waals surface area contributed by atoms with Crippen LogP contribution in [0.15, 0.2) is 18.2 Å². The van der Waals surface area contributed by atoms with Crippen LogP contribution < -0.4 is 5.32 Å². The van der Waals surface area contributed by atoms with Gasteiger partial charge >= 0.3 is 0 Å². The molecule has 1 saturated heterocycles. The van der Waals surface area contributed by atoms with Crippen molar-refractivity contribution in [2.75, 3.05) is 25.5 Å². The molecule has 0 aliphatic carbocycles. The zero-order valence-electron chi connectivity index (χ0n) is 9.46. The summed E-state index contributed by atoms with van der Waals surface area (Å²) in [6.45, 7) is 4.66. The maximum Gasteiger partial charge on any atom is 0.0381 e. The number of aryl methyl sites for hydroxylation is 1. The van der Waals surface area contributed by atoms with Crippen LogP contribution in [0.3, 0.4) is 0 Å². The molecule has 1 aromatic rings. The average molecular weight is 202 g/mol. The van der Waals surface area contributed by atoms with Crippen LogP contribution in [0.4, 0.5) is 5.69 Å². The van der Waals surface area contributed by atoms with Gasteiger partial charge in [-0.2, -0.15) is 0 Å². The molecule has 2 heteroatoms. The van der Waals surface area contributed by atoms with E-state index in [9.17, 15) is 0 Å². The first-order valence-electron chi connectivity index (χ1n) is 5.80. The molecule has 0 aromatic heterocycles. The van der Waals surface area contributed by atoms with Gasteiger partial charge in [-0.3, -0.25) is 0 Å². The first kappa shape index (κ1) is 9.22. The highest BCUT2D eigenvalue weighted by Crippen LogP contribution is 2.41. The Hall–Kier alpha value is -1.02. The van der Waals surface area contributed by atoms with Crippen LogP contribution in [0.5, 0.6) is 0 Å². The second-order valence-electron chi connectivity index (χ2n) is 4.94. The number of piperidine rings is 1. The Morgan fingerprint density at radius 1 is 1.40 bits per heavy atom. The van der Waals surface area contributed by atoms with Crippen LogP contribution in [-0.2, 0) is 0 Å². The van der Waals surface area contributed by atoms with E-state index >= 15 is 0 Å². The summed E-state index contributed by atoms with van der Waals surface area (Å²) >= 11 is 0. The summed E-state index contributed by atoms with van der Waals surface area (Å²) in [7, 11) is 2.23. The largest absolute Gasteiger partial charge is 0.381 e. The number of nitrogens with zero attached hydrogens (tertiary/aromatic N) is 1. The average Bonchev–Trinajstić information content (AvgIpc) is 2.57. The lowest BCUT2D eigenvalue weighted by Crippen LogP contribution is -2.39. The highest BCUT2D eigenvalue weighted by molar-refractivity contribution is 5.62. The van der Waals surface area contributed by atoms with Gasteiger partial charge in [0.25, 0.3) is 0 Å². The minimum atomic E-state index is 0.678. The zero-order chi connectivity index (χ0) is 10.4. The fraction of sp³-hybridized carbons (Fsp3) is 0.538. The first-order valence-corrected chi connectivity index (χ1v) is 5.80. The highest BCUT2D eigenvalue weighted by Gasteiger charge is 2.36. The highest BCUT2D eigenvalue weighted by atomic mass is 15.1. The molecule has 0 unspecified atom stereocenters. The molecule has 1 aromatic carbocycles. The second-order valence-corrected chi connectivity index (χ2v) is 4.94. The summed E-state index contributed by atoms with van der Waals surface area (Å²) in [5.41, 5.74) is 4.39. The summed E-state index contributed by atoms with van der Waals surface area (Å²) in [6, 6.07) is 7.29. The molecule has 2 atom stereocenters. The number of likely N-dealkylation sites (tertiary alicyclic amines) is 1.